The highest BCUT2D eigenvalue weighted by molar-refractivity contribution is 5.96. The first-order valence-corrected chi connectivity index (χ1v) is 17.5. The van der Waals surface area contributed by atoms with E-state index in [1.165, 1.54) is 0 Å². The molecule has 0 unspecified atom stereocenters. The molecule has 1 aromatic carbocycles. The molecule has 13 N–H and O–H groups in total. The maximum Gasteiger partial charge on any atom is 0.326 e. The second kappa shape index (κ2) is 21.9. The van der Waals surface area contributed by atoms with Gasteiger partial charge in [0, 0.05) is 6.42 Å². The van der Waals surface area contributed by atoms with Crippen molar-refractivity contribution >= 4 is 35.5 Å². The van der Waals surface area contributed by atoms with Crippen LogP contribution in [0.15, 0.2) is 30.3 Å². The average molecular weight is 720 g/mol. The van der Waals surface area contributed by atoms with Gasteiger partial charge in [0.25, 0.3) is 0 Å². The van der Waals surface area contributed by atoms with Crippen LogP contribution in [0, 0.1) is 11.8 Å². The van der Waals surface area contributed by atoms with Gasteiger partial charge >= 0.3 is 5.97 Å². The Balaban J connectivity index is 2.25. The second-order valence-corrected chi connectivity index (χ2v) is 13.6. The molecule has 17 heteroatoms. The molecule has 1 aromatic rings. The van der Waals surface area contributed by atoms with Crippen LogP contribution < -0.4 is 48.7 Å². The molecule has 1 aliphatic rings. The first kappa shape index (κ1) is 43.0. The van der Waals surface area contributed by atoms with Crippen molar-refractivity contribution in [1.29, 1.82) is 0 Å². The number of carbonyl (C=O) groups is 6. The van der Waals surface area contributed by atoms with Gasteiger partial charge in [-0.2, -0.15) is 0 Å². The molecule has 0 saturated carbocycles. The molecule has 1 saturated heterocycles. The molecule has 0 aliphatic carbocycles. The summed E-state index contributed by atoms with van der Waals surface area (Å²) >= 11 is 0. The van der Waals surface area contributed by atoms with Gasteiger partial charge in [-0.3, -0.25) is 29.3 Å². The molecule has 2 rings (SSSR count). The number of amides is 5. The van der Waals surface area contributed by atoms with Crippen LogP contribution in [-0.4, -0.2) is 108 Å². The summed E-state index contributed by atoms with van der Waals surface area (Å²) in [5.41, 5.74) is 11.7. The quantitative estimate of drug-likeness (QED) is 0.0448. The van der Waals surface area contributed by atoms with E-state index in [2.05, 4.69) is 37.2 Å². The van der Waals surface area contributed by atoms with E-state index in [1.807, 2.05) is 13.8 Å². The number of hydrogen-bond donors (Lipinski definition) is 11. The standard InChI is InChI=1S/C34H57N9O8/c1-19(2)16-24(31(48)43-27(20(3)4)33(50)51)40-30(47)25(17-21-10-6-5-7-11-21)41-32(49)26(18-44)42-29(46)23(13-9-15-38-34(35)36)39-28(45)22-12-8-14-37-22/h5-7,10-11,19-20,22-27,34,37-38,44H,8-9,12-18,35-36H2,1-4H3,(H,39,45)(H,40,47)(H,41,49)(H,42,46)(H,43,48)(H,50,51)/t22-,23-,24-,25-,26-,27-/m0/s1. The normalized spacial score (nSPS) is 17.3. The van der Waals surface area contributed by atoms with Crippen LogP contribution in [-0.2, 0) is 35.2 Å². The lowest BCUT2D eigenvalue weighted by Crippen LogP contribution is -2.60. The average Bonchev–Trinajstić information content (AvgIpc) is 3.62. The number of aliphatic carboxylic acids is 1. The van der Waals surface area contributed by atoms with Crippen molar-refractivity contribution in [2.75, 3.05) is 19.7 Å². The van der Waals surface area contributed by atoms with E-state index in [9.17, 15) is 39.0 Å². The highest BCUT2D eigenvalue weighted by Crippen LogP contribution is 2.11. The molecule has 51 heavy (non-hydrogen) atoms. The van der Waals surface area contributed by atoms with E-state index in [4.69, 9.17) is 11.5 Å². The molecule has 17 nitrogen and oxygen atoms in total. The molecule has 6 atom stereocenters. The second-order valence-electron chi connectivity index (χ2n) is 13.6. The lowest BCUT2D eigenvalue weighted by molar-refractivity contribution is -0.143. The Hall–Kier alpha value is -4.16. The molecular formula is C34H57N9O8. The van der Waals surface area contributed by atoms with Crippen molar-refractivity contribution in [3.8, 4) is 0 Å². The third-order valence-electron chi connectivity index (χ3n) is 8.36. The van der Waals surface area contributed by atoms with Crippen molar-refractivity contribution in [3.63, 3.8) is 0 Å². The Morgan fingerprint density at radius 1 is 0.824 bits per heavy atom. The van der Waals surface area contributed by atoms with E-state index in [-0.39, 0.29) is 31.1 Å². The molecule has 0 radical (unpaired) electrons. The Kier molecular flexibility index (Phi) is 18.5. The van der Waals surface area contributed by atoms with Crippen LogP contribution in [0.1, 0.15) is 65.4 Å². The SMILES string of the molecule is CC(C)C[C@H](NC(=O)[C@H](Cc1ccccc1)NC(=O)[C@H](CO)NC(=O)[C@H](CCCNC(N)N)NC(=O)[C@@H]1CCCN1)C(=O)N[C@H](C(=O)O)C(C)C. The number of carboxylic acids is 1. The van der Waals surface area contributed by atoms with Gasteiger partial charge in [-0.1, -0.05) is 58.0 Å². The number of carbonyl (C=O) groups excluding carboxylic acids is 5. The highest BCUT2D eigenvalue weighted by Gasteiger charge is 2.34. The summed E-state index contributed by atoms with van der Waals surface area (Å²) in [5, 5.41) is 38.7. The maximum absolute atomic E-state index is 13.8. The molecule has 1 aliphatic heterocycles. The van der Waals surface area contributed by atoms with Crippen LogP contribution in [0.4, 0.5) is 0 Å². The highest BCUT2D eigenvalue weighted by atomic mass is 16.4. The third kappa shape index (κ3) is 15.3. The molecule has 0 aromatic heterocycles. The number of hydrogen-bond acceptors (Lipinski definition) is 11. The number of aliphatic hydroxyl groups excluding tert-OH is 1. The minimum Gasteiger partial charge on any atom is -0.480 e. The lowest BCUT2D eigenvalue weighted by Gasteiger charge is -2.27. The van der Waals surface area contributed by atoms with Gasteiger partial charge in [0.2, 0.25) is 29.5 Å². The topological polar surface area (TPSA) is 279 Å². The summed E-state index contributed by atoms with van der Waals surface area (Å²) in [6.45, 7) is 7.17. The molecule has 286 valence electrons. The molecule has 1 fully saturated rings. The van der Waals surface area contributed by atoms with Crippen LogP contribution in [0.2, 0.25) is 0 Å². The Labute approximate surface area is 299 Å². The maximum atomic E-state index is 13.8. The number of aliphatic hydroxyl groups is 1. The van der Waals surface area contributed by atoms with Gasteiger partial charge in [0.05, 0.1) is 12.6 Å². The van der Waals surface area contributed by atoms with Gasteiger partial charge < -0.3 is 53.6 Å². The molecule has 0 bridgehead atoms. The van der Waals surface area contributed by atoms with E-state index in [0.717, 1.165) is 6.42 Å². The lowest BCUT2D eigenvalue weighted by atomic mass is 9.99. The zero-order valence-electron chi connectivity index (χ0n) is 29.9. The van der Waals surface area contributed by atoms with Crippen molar-refractivity contribution in [2.45, 2.75) is 109 Å². The summed E-state index contributed by atoms with van der Waals surface area (Å²) in [4.78, 5) is 78.6. The van der Waals surface area contributed by atoms with Crippen molar-refractivity contribution in [3.05, 3.63) is 35.9 Å². The number of carboxylic acid groups (broad SMARTS) is 1. The van der Waals surface area contributed by atoms with Crippen LogP contribution in [0.25, 0.3) is 0 Å². The Morgan fingerprint density at radius 2 is 1.41 bits per heavy atom. The first-order valence-electron chi connectivity index (χ1n) is 17.5. The van der Waals surface area contributed by atoms with Crippen molar-refractivity contribution in [1.82, 2.24) is 37.2 Å². The van der Waals surface area contributed by atoms with Crippen LogP contribution >= 0.6 is 0 Å². The van der Waals surface area contributed by atoms with Gasteiger partial charge in [-0.25, -0.2) is 4.79 Å². The predicted molar refractivity (Wildman–Crippen MR) is 189 cm³/mol. The van der Waals surface area contributed by atoms with Gasteiger partial charge in [-0.15, -0.1) is 0 Å². The van der Waals surface area contributed by atoms with Crippen LogP contribution in [0.5, 0.6) is 0 Å². The predicted octanol–water partition coefficient (Wildman–Crippen LogP) is -2.25. The fourth-order valence-electron chi connectivity index (χ4n) is 5.56. The Morgan fingerprint density at radius 3 is 1.96 bits per heavy atom. The molecule has 1 heterocycles. The minimum atomic E-state index is -1.50. The van der Waals surface area contributed by atoms with Gasteiger partial charge in [-0.05, 0) is 62.6 Å². The third-order valence-corrected chi connectivity index (χ3v) is 8.36. The fraction of sp³-hybridized carbons (Fsp3) is 0.647. The summed E-state index contributed by atoms with van der Waals surface area (Å²) in [7, 11) is 0. The minimum absolute atomic E-state index is 0.00633. The summed E-state index contributed by atoms with van der Waals surface area (Å²) in [6, 6.07) is 2.19. The largest absolute Gasteiger partial charge is 0.480 e. The summed E-state index contributed by atoms with van der Waals surface area (Å²) in [6.07, 6.45) is 1.38. The fourth-order valence-corrected chi connectivity index (χ4v) is 5.56. The summed E-state index contributed by atoms with van der Waals surface area (Å²) in [5.74, 6) is -5.10. The zero-order chi connectivity index (χ0) is 38.1. The number of nitrogens with one attached hydrogen (secondary N) is 7. The number of nitrogens with two attached hydrogens (primary N) is 2. The molecular weight excluding hydrogens is 662 g/mol. The van der Waals surface area contributed by atoms with Crippen LogP contribution in [0.3, 0.4) is 0 Å². The number of rotatable bonds is 22. The zero-order valence-corrected chi connectivity index (χ0v) is 29.9. The number of benzene rings is 1. The van der Waals surface area contributed by atoms with E-state index in [1.54, 1.807) is 44.2 Å². The smallest absolute Gasteiger partial charge is 0.326 e. The van der Waals surface area contributed by atoms with Gasteiger partial charge in [0.1, 0.15) is 36.5 Å². The van der Waals surface area contributed by atoms with Gasteiger partial charge in [0.15, 0.2) is 0 Å². The summed E-state index contributed by atoms with van der Waals surface area (Å²) < 4.78 is 0. The van der Waals surface area contributed by atoms with E-state index < -0.39 is 84.7 Å². The Bertz CT molecular complexity index is 1290. The van der Waals surface area contributed by atoms with E-state index in [0.29, 0.717) is 31.5 Å². The molecule has 0 spiro atoms. The van der Waals surface area contributed by atoms with Crippen molar-refractivity contribution < 1.29 is 39.0 Å². The first-order chi connectivity index (χ1) is 24.1. The monoisotopic (exact) mass is 719 g/mol. The van der Waals surface area contributed by atoms with Crippen molar-refractivity contribution in [2.24, 2.45) is 23.3 Å². The van der Waals surface area contributed by atoms with E-state index >= 15 is 0 Å². The molecule has 5 amide bonds.